The van der Waals surface area contributed by atoms with E-state index in [1.165, 1.54) is 6.07 Å². The lowest BCUT2D eigenvalue weighted by Gasteiger charge is -2.18. The third-order valence-electron chi connectivity index (χ3n) is 5.65. The van der Waals surface area contributed by atoms with E-state index in [1.807, 2.05) is 48.5 Å². The molecule has 0 unspecified atom stereocenters. The average molecular weight is 455 g/mol. The van der Waals surface area contributed by atoms with Crippen LogP contribution >= 0.6 is 0 Å². The lowest BCUT2D eigenvalue weighted by atomic mass is 9.94. The summed E-state index contributed by atoms with van der Waals surface area (Å²) in [6, 6.07) is 23.1. The summed E-state index contributed by atoms with van der Waals surface area (Å²) in [6.07, 6.45) is -0.741. The summed E-state index contributed by atoms with van der Waals surface area (Å²) < 4.78 is 19.9. The Bertz CT molecular complexity index is 1340. The molecule has 6 nitrogen and oxygen atoms in total. The van der Waals surface area contributed by atoms with Crippen LogP contribution in [-0.4, -0.2) is 16.4 Å². The number of carbonyl (C=O) groups is 1. The molecule has 2 N–H and O–H groups in total. The third-order valence-corrected chi connectivity index (χ3v) is 5.65. The molecule has 170 valence electrons. The van der Waals surface area contributed by atoms with Gasteiger partial charge in [-0.1, -0.05) is 71.9 Å². The van der Waals surface area contributed by atoms with Gasteiger partial charge in [0, 0.05) is 17.5 Å². The molecule has 0 aliphatic carbocycles. The van der Waals surface area contributed by atoms with Crippen molar-refractivity contribution in [1.82, 2.24) is 10.5 Å². The number of amides is 1. The fourth-order valence-corrected chi connectivity index (χ4v) is 3.97. The highest BCUT2D eigenvalue weighted by Gasteiger charge is 2.26. The molecule has 0 spiro atoms. The van der Waals surface area contributed by atoms with Crippen LogP contribution in [0.25, 0.3) is 22.5 Å². The Kier molecular flexibility index (Phi) is 6.69. The van der Waals surface area contributed by atoms with E-state index in [2.05, 4.69) is 16.5 Å². The topological polar surface area (TPSA) is 99.2 Å². The second kappa shape index (κ2) is 10.0. The molecule has 4 rings (SSSR count). The van der Waals surface area contributed by atoms with Crippen LogP contribution in [0.5, 0.6) is 0 Å². The number of nitrogens with one attached hydrogen (secondary N) is 1. The molecule has 1 heterocycles. The number of benzene rings is 3. The van der Waals surface area contributed by atoms with Gasteiger partial charge in [0.15, 0.2) is 5.76 Å². The lowest BCUT2D eigenvalue weighted by Crippen LogP contribution is -2.29. The fraction of sp³-hybridized carbons (Fsp3) is 0.148. The minimum atomic E-state index is -1.22. The number of hydrogen-bond donors (Lipinski definition) is 2. The van der Waals surface area contributed by atoms with Gasteiger partial charge in [0.05, 0.1) is 24.2 Å². The van der Waals surface area contributed by atoms with E-state index >= 15 is 0 Å². The number of halogens is 1. The molecule has 1 amide bonds. The highest BCUT2D eigenvalue weighted by molar-refractivity contribution is 5.71. The van der Waals surface area contributed by atoms with Crippen molar-refractivity contribution in [2.75, 3.05) is 0 Å². The Hall–Kier alpha value is -4.44. The summed E-state index contributed by atoms with van der Waals surface area (Å²) in [6.45, 7) is 1.73. The highest BCUT2D eigenvalue weighted by atomic mass is 19.1. The zero-order valence-electron chi connectivity index (χ0n) is 18.5. The minimum Gasteiger partial charge on any atom is -0.465 e. The van der Waals surface area contributed by atoms with Gasteiger partial charge in [-0.2, -0.15) is 5.26 Å². The van der Waals surface area contributed by atoms with E-state index in [1.54, 1.807) is 25.1 Å². The molecule has 0 fully saturated rings. The third kappa shape index (κ3) is 4.97. The van der Waals surface area contributed by atoms with E-state index in [9.17, 15) is 14.3 Å². The van der Waals surface area contributed by atoms with Crippen LogP contribution in [0.15, 0.2) is 77.3 Å². The van der Waals surface area contributed by atoms with Gasteiger partial charge < -0.3 is 14.9 Å². The maximum atomic E-state index is 14.3. The fourth-order valence-electron chi connectivity index (χ4n) is 3.97. The van der Waals surface area contributed by atoms with Gasteiger partial charge in [-0.25, -0.2) is 9.18 Å². The van der Waals surface area contributed by atoms with Crippen LogP contribution in [0.4, 0.5) is 9.18 Å². The van der Waals surface area contributed by atoms with Gasteiger partial charge in [-0.15, -0.1) is 0 Å². The lowest BCUT2D eigenvalue weighted by molar-refractivity contribution is 0.189. The molecule has 1 aromatic heterocycles. The molecular weight excluding hydrogens is 433 g/mol. The van der Waals surface area contributed by atoms with Crippen molar-refractivity contribution in [2.45, 2.75) is 25.8 Å². The molecule has 3 aromatic carbocycles. The monoisotopic (exact) mass is 455 g/mol. The van der Waals surface area contributed by atoms with E-state index in [4.69, 9.17) is 9.78 Å². The average Bonchev–Trinajstić information content (AvgIpc) is 3.22. The van der Waals surface area contributed by atoms with E-state index in [0.29, 0.717) is 29.0 Å². The quantitative estimate of drug-likeness (QED) is 0.352. The smallest absolute Gasteiger partial charge is 0.405 e. The van der Waals surface area contributed by atoms with Crippen molar-refractivity contribution in [2.24, 2.45) is 0 Å². The van der Waals surface area contributed by atoms with Gasteiger partial charge in [-0.3, -0.25) is 0 Å². The number of rotatable bonds is 7. The van der Waals surface area contributed by atoms with Crippen molar-refractivity contribution in [3.05, 3.63) is 101 Å². The van der Waals surface area contributed by atoms with Gasteiger partial charge >= 0.3 is 6.09 Å². The number of carboxylic acid groups (broad SMARTS) is 1. The number of aromatic nitrogens is 1. The number of nitriles is 1. The van der Waals surface area contributed by atoms with Crippen LogP contribution < -0.4 is 5.32 Å². The van der Waals surface area contributed by atoms with Crippen molar-refractivity contribution in [1.29, 1.82) is 5.26 Å². The van der Waals surface area contributed by atoms with Gasteiger partial charge in [0.25, 0.3) is 0 Å². The molecule has 0 bridgehead atoms. The molecular formula is C27H22FN3O3. The predicted octanol–water partition coefficient (Wildman–Crippen LogP) is 6.07. The second-order valence-corrected chi connectivity index (χ2v) is 7.92. The normalized spacial score (nSPS) is 11.6. The standard InChI is InChI=1S/C27H22FN3O3/c1-17-25(24(30-27(32)33)16-22-4-2-3-5-23(22)28)26(34-31-17)21-12-10-20(11-13-21)19-8-6-18(7-9-19)14-15-29/h2-13,24,30H,14,16H2,1H3,(H,32,33)/t24-/m1/s1. The molecule has 34 heavy (non-hydrogen) atoms. The summed E-state index contributed by atoms with van der Waals surface area (Å²) in [4.78, 5) is 11.5. The molecule has 7 heteroatoms. The summed E-state index contributed by atoms with van der Waals surface area (Å²) >= 11 is 0. The molecule has 0 aliphatic heterocycles. The van der Waals surface area contributed by atoms with Crippen LogP contribution in [0.3, 0.4) is 0 Å². The van der Waals surface area contributed by atoms with Crippen LogP contribution in [0.1, 0.15) is 28.4 Å². The molecule has 0 aliphatic rings. The van der Waals surface area contributed by atoms with E-state index in [-0.39, 0.29) is 6.42 Å². The first-order valence-corrected chi connectivity index (χ1v) is 10.7. The Labute approximate surface area is 196 Å². The molecule has 0 saturated carbocycles. The van der Waals surface area contributed by atoms with Gasteiger partial charge in [0.1, 0.15) is 5.82 Å². The van der Waals surface area contributed by atoms with Crippen LogP contribution in [0.2, 0.25) is 0 Å². The van der Waals surface area contributed by atoms with Crippen molar-refractivity contribution in [3.8, 4) is 28.5 Å². The second-order valence-electron chi connectivity index (χ2n) is 7.92. The zero-order valence-corrected chi connectivity index (χ0v) is 18.5. The number of aryl methyl sites for hydroxylation is 1. The Balaban J connectivity index is 1.66. The maximum absolute atomic E-state index is 14.3. The molecule has 1 atom stereocenters. The Morgan fingerprint density at radius 1 is 1.06 bits per heavy atom. The first-order valence-electron chi connectivity index (χ1n) is 10.7. The molecule has 0 radical (unpaired) electrons. The Morgan fingerprint density at radius 3 is 2.29 bits per heavy atom. The SMILES string of the molecule is Cc1noc(-c2ccc(-c3ccc(CC#N)cc3)cc2)c1[C@@H](Cc1ccccc1F)NC(=O)O. The Morgan fingerprint density at radius 2 is 1.68 bits per heavy atom. The highest BCUT2D eigenvalue weighted by Crippen LogP contribution is 2.34. The van der Waals surface area contributed by atoms with E-state index in [0.717, 1.165) is 22.3 Å². The maximum Gasteiger partial charge on any atom is 0.405 e. The summed E-state index contributed by atoms with van der Waals surface area (Å²) in [5, 5.41) is 24.8. The first-order chi connectivity index (χ1) is 16.5. The predicted molar refractivity (Wildman–Crippen MR) is 125 cm³/mol. The molecule has 4 aromatic rings. The number of nitrogens with zero attached hydrogens (tertiary/aromatic N) is 2. The number of hydrogen-bond acceptors (Lipinski definition) is 4. The summed E-state index contributed by atoms with van der Waals surface area (Å²) in [7, 11) is 0. The van der Waals surface area contributed by atoms with Crippen LogP contribution in [-0.2, 0) is 12.8 Å². The van der Waals surface area contributed by atoms with Gasteiger partial charge in [-0.05, 0) is 35.2 Å². The summed E-state index contributed by atoms with van der Waals surface area (Å²) in [5.41, 5.74) is 5.16. The molecule has 0 saturated heterocycles. The van der Waals surface area contributed by atoms with Crippen molar-refractivity contribution >= 4 is 6.09 Å². The minimum absolute atomic E-state index is 0.112. The van der Waals surface area contributed by atoms with Crippen molar-refractivity contribution in [3.63, 3.8) is 0 Å². The van der Waals surface area contributed by atoms with Crippen LogP contribution in [0, 0.1) is 24.1 Å². The first kappa shape index (κ1) is 22.7. The van der Waals surface area contributed by atoms with Crippen molar-refractivity contribution < 1.29 is 18.8 Å². The van der Waals surface area contributed by atoms with E-state index < -0.39 is 18.0 Å². The van der Waals surface area contributed by atoms with Gasteiger partial charge in [0.2, 0.25) is 0 Å². The largest absolute Gasteiger partial charge is 0.465 e. The summed E-state index contributed by atoms with van der Waals surface area (Å²) in [5.74, 6) is 0.0315. The zero-order chi connectivity index (χ0) is 24.1.